The van der Waals surface area contributed by atoms with E-state index in [1.54, 1.807) is 0 Å². The zero-order valence-corrected chi connectivity index (χ0v) is 10.2. The molecule has 0 aliphatic rings. The largest absolute Gasteiger partial charge is 0.461 e. The molecule has 0 fully saturated rings. The Hall–Kier alpha value is -1.31. The average molecular weight is 219 g/mol. The third-order valence-corrected chi connectivity index (χ3v) is 2.42. The van der Waals surface area contributed by atoms with Crippen LogP contribution < -0.4 is 0 Å². The first-order valence-electron chi connectivity index (χ1n) is 5.48. The first-order chi connectivity index (χ1) is 7.43. The lowest BCUT2D eigenvalue weighted by Gasteiger charge is -2.19. The number of carbonyl (C=O) groups excluding carboxylic acids is 1. The summed E-state index contributed by atoms with van der Waals surface area (Å²) in [4.78, 5) is 10.9. The molecule has 0 aliphatic carbocycles. The van der Waals surface area contributed by atoms with E-state index in [1.807, 2.05) is 12.1 Å². The van der Waals surface area contributed by atoms with E-state index in [2.05, 4.69) is 39.8 Å². The fourth-order valence-corrected chi connectivity index (χ4v) is 1.34. The summed E-state index contributed by atoms with van der Waals surface area (Å²) in [5.74, 6) is -0.264. The highest BCUT2D eigenvalue weighted by Crippen LogP contribution is 2.22. The van der Waals surface area contributed by atoms with Crippen molar-refractivity contribution in [3.05, 3.63) is 42.3 Å². The van der Waals surface area contributed by atoms with Gasteiger partial charge in [-0.25, -0.2) is 0 Å². The summed E-state index contributed by atoms with van der Waals surface area (Å²) in [6, 6.07) is 8.15. The number of carbonyl (C=O) groups is 1. The smallest absolute Gasteiger partial charge is 0.306 e. The fraction of sp³-hybridized carbons (Fsp3) is 0.429. The summed E-state index contributed by atoms with van der Waals surface area (Å²) in [7, 11) is 0. The minimum atomic E-state index is -0.264. The second kappa shape index (κ2) is 5.15. The highest BCUT2D eigenvalue weighted by molar-refractivity contribution is 5.69. The molecule has 87 valence electrons. The van der Waals surface area contributed by atoms with Gasteiger partial charge in [-0.2, -0.15) is 0 Å². The lowest BCUT2D eigenvalue weighted by atomic mass is 9.87. The Labute approximate surface area is 97.6 Å². The van der Waals surface area contributed by atoms with Crippen LogP contribution >= 0.6 is 0 Å². The number of hydrogen-bond acceptors (Lipinski definition) is 2. The Kier molecular flexibility index (Phi) is 4.11. The number of hydrogen-bond donors (Lipinski definition) is 0. The molecule has 0 atom stereocenters. The number of rotatable bonds is 3. The van der Waals surface area contributed by atoms with Gasteiger partial charge in [-0.3, -0.25) is 4.79 Å². The Morgan fingerprint density at radius 1 is 1.25 bits per heavy atom. The highest BCUT2D eigenvalue weighted by Gasteiger charge is 2.12. The van der Waals surface area contributed by atoms with Crippen LogP contribution in [0.15, 0.2) is 24.3 Å². The summed E-state index contributed by atoms with van der Waals surface area (Å²) in [6.07, 6.45) is 0.181. The molecule has 1 aromatic carbocycles. The van der Waals surface area contributed by atoms with E-state index in [4.69, 9.17) is 4.74 Å². The molecule has 2 heteroatoms. The molecule has 0 unspecified atom stereocenters. The van der Waals surface area contributed by atoms with Gasteiger partial charge in [0.1, 0.15) is 6.61 Å². The van der Waals surface area contributed by atoms with Crippen molar-refractivity contribution in [1.29, 1.82) is 0 Å². The molecule has 0 bridgehead atoms. The van der Waals surface area contributed by atoms with E-state index in [1.165, 1.54) is 5.56 Å². The Bertz CT molecular complexity index is 344. The molecule has 0 aromatic heterocycles. The van der Waals surface area contributed by atoms with Gasteiger partial charge in [-0.15, -0.1) is 0 Å². The zero-order valence-electron chi connectivity index (χ0n) is 10.2. The monoisotopic (exact) mass is 219 g/mol. The third kappa shape index (κ3) is 3.69. The molecule has 1 aromatic rings. The molecule has 0 heterocycles. The van der Waals surface area contributed by atoms with E-state index < -0.39 is 0 Å². The van der Waals surface area contributed by atoms with Crippen molar-refractivity contribution in [1.82, 2.24) is 0 Å². The molecule has 0 saturated carbocycles. The van der Waals surface area contributed by atoms with Gasteiger partial charge in [0, 0.05) is 6.42 Å². The van der Waals surface area contributed by atoms with Gasteiger partial charge in [0.05, 0.1) is 0 Å². The fourth-order valence-electron chi connectivity index (χ4n) is 1.34. The maximum Gasteiger partial charge on any atom is 0.306 e. The van der Waals surface area contributed by atoms with Crippen molar-refractivity contribution in [2.75, 3.05) is 0 Å². The average Bonchev–Trinajstić information content (AvgIpc) is 2.25. The standard InChI is InChI=1S/C14H19O2/c1-5-13(15)16-10-11-6-8-12(9-7-11)14(2,3)4/h6-9H,1,5,10H2,2-4H3. The molecular weight excluding hydrogens is 200 g/mol. The van der Waals surface area contributed by atoms with Crippen molar-refractivity contribution in [3.8, 4) is 0 Å². The summed E-state index contributed by atoms with van der Waals surface area (Å²) in [5, 5.41) is 0. The molecule has 0 amide bonds. The number of benzene rings is 1. The molecule has 0 saturated heterocycles. The maximum atomic E-state index is 10.9. The topological polar surface area (TPSA) is 26.3 Å². The van der Waals surface area contributed by atoms with Crippen molar-refractivity contribution >= 4 is 5.97 Å². The lowest BCUT2D eigenvalue weighted by Crippen LogP contribution is -2.11. The van der Waals surface area contributed by atoms with E-state index in [-0.39, 0.29) is 17.8 Å². The van der Waals surface area contributed by atoms with Crippen LogP contribution in [-0.4, -0.2) is 5.97 Å². The summed E-state index contributed by atoms with van der Waals surface area (Å²) < 4.78 is 5.00. The first-order valence-corrected chi connectivity index (χ1v) is 5.48. The van der Waals surface area contributed by atoms with Crippen LogP contribution in [0, 0.1) is 6.92 Å². The first kappa shape index (κ1) is 12.8. The predicted octanol–water partition coefficient (Wildman–Crippen LogP) is 3.25. The van der Waals surface area contributed by atoms with Crippen LogP contribution in [-0.2, 0) is 21.6 Å². The maximum absolute atomic E-state index is 10.9. The van der Waals surface area contributed by atoms with Crippen LogP contribution in [0.3, 0.4) is 0 Å². The van der Waals surface area contributed by atoms with Crippen molar-refractivity contribution in [2.45, 2.75) is 39.2 Å². The van der Waals surface area contributed by atoms with Crippen LogP contribution in [0.2, 0.25) is 0 Å². The molecule has 0 aliphatic heterocycles. The summed E-state index contributed by atoms with van der Waals surface area (Å²) in [5.41, 5.74) is 2.44. The second-order valence-corrected chi connectivity index (χ2v) is 4.86. The van der Waals surface area contributed by atoms with Crippen LogP contribution in [0.1, 0.15) is 38.3 Å². The Balaban J connectivity index is 2.62. The van der Waals surface area contributed by atoms with Gasteiger partial charge in [0.15, 0.2) is 0 Å². The molecule has 0 spiro atoms. The zero-order chi connectivity index (χ0) is 12.2. The third-order valence-electron chi connectivity index (χ3n) is 2.42. The molecule has 1 rings (SSSR count). The molecule has 1 radical (unpaired) electrons. The van der Waals surface area contributed by atoms with Gasteiger partial charge in [-0.05, 0) is 23.5 Å². The lowest BCUT2D eigenvalue weighted by molar-refractivity contribution is -0.143. The second-order valence-electron chi connectivity index (χ2n) is 4.86. The highest BCUT2D eigenvalue weighted by atomic mass is 16.5. The van der Waals surface area contributed by atoms with E-state index in [0.29, 0.717) is 6.61 Å². The SMILES string of the molecule is [CH2]CC(=O)OCc1ccc(C(C)(C)C)cc1. The van der Waals surface area contributed by atoms with Crippen molar-refractivity contribution in [3.63, 3.8) is 0 Å². The normalized spacial score (nSPS) is 11.2. The predicted molar refractivity (Wildman–Crippen MR) is 64.9 cm³/mol. The van der Waals surface area contributed by atoms with Gasteiger partial charge < -0.3 is 4.74 Å². The van der Waals surface area contributed by atoms with Crippen LogP contribution in [0.4, 0.5) is 0 Å². The minimum Gasteiger partial charge on any atom is -0.461 e. The van der Waals surface area contributed by atoms with E-state index in [9.17, 15) is 4.79 Å². The van der Waals surface area contributed by atoms with Gasteiger partial charge in [-0.1, -0.05) is 45.0 Å². The van der Waals surface area contributed by atoms with E-state index in [0.717, 1.165) is 5.56 Å². The summed E-state index contributed by atoms with van der Waals surface area (Å²) >= 11 is 0. The van der Waals surface area contributed by atoms with Gasteiger partial charge in [0.2, 0.25) is 0 Å². The van der Waals surface area contributed by atoms with Gasteiger partial charge >= 0.3 is 5.97 Å². The Morgan fingerprint density at radius 2 is 1.81 bits per heavy atom. The molecular formula is C14H19O2. The van der Waals surface area contributed by atoms with Crippen molar-refractivity contribution < 1.29 is 9.53 Å². The minimum absolute atomic E-state index is 0.155. The van der Waals surface area contributed by atoms with E-state index >= 15 is 0 Å². The number of esters is 1. The van der Waals surface area contributed by atoms with Gasteiger partial charge in [0.25, 0.3) is 0 Å². The molecule has 2 nitrogen and oxygen atoms in total. The number of ether oxygens (including phenoxy) is 1. The molecule has 16 heavy (non-hydrogen) atoms. The van der Waals surface area contributed by atoms with Crippen molar-refractivity contribution in [2.24, 2.45) is 0 Å². The quantitative estimate of drug-likeness (QED) is 0.729. The van der Waals surface area contributed by atoms with Crippen LogP contribution in [0.5, 0.6) is 0 Å². The Morgan fingerprint density at radius 3 is 2.25 bits per heavy atom. The summed E-state index contributed by atoms with van der Waals surface area (Å²) in [6.45, 7) is 10.3. The van der Waals surface area contributed by atoms with Crippen LogP contribution in [0.25, 0.3) is 0 Å². The molecule has 0 N–H and O–H groups in total.